The molecule has 0 unspecified atom stereocenters. The SMILES string of the molecule is CC(C)SC(=O)Nc1ccc(Br)cc1. The highest BCUT2D eigenvalue weighted by atomic mass is 79.9. The van der Waals surface area contributed by atoms with Crippen LogP contribution in [0, 0.1) is 0 Å². The van der Waals surface area contributed by atoms with E-state index in [1.807, 2.05) is 38.1 Å². The highest BCUT2D eigenvalue weighted by molar-refractivity contribution is 9.10. The molecule has 1 aromatic rings. The number of amides is 1. The van der Waals surface area contributed by atoms with Crippen LogP contribution < -0.4 is 5.32 Å². The van der Waals surface area contributed by atoms with Gasteiger partial charge in [-0.15, -0.1) is 0 Å². The quantitative estimate of drug-likeness (QED) is 0.878. The Morgan fingerprint density at radius 3 is 2.43 bits per heavy atom. The smallest absolute Gasteiger partial charge is 0.283 e. The Morgan fingerprint density at radius 1 is 1.36 bits per heavy atom. The molecule has 0 aromatic heterocycles. The minimum Gasteiger partial charge on any atom is -0.317 e. The Labute approximate surface area is 96.6 Å². The predicted molar refractivity (Wildman–Crippen MR) is 65.9 cm³/mol. The van der Waals surface area contributed by atoms with E-state index in [1.165, 1.54) is 11.8 Å². The van der Waals surface area contributed by atoms with Crippen LogP contribution in [0.4, 0.5) is 10.5 Å². The monoisotopic (exact) mass is 273 g/mol. The van der Waals surface area contributed by atoms with E-state index in [4.69, 9.17) is 0 Å². The molecule has 1 rings (SSSR count). The summed E-state index contributed by atoms with van der Waals surface area (Å²) in [6.07, 6.45) is 0. The zero-order chi connectivity index (χ0) is 10.6. The van der Waals surface area contributed by atoms with E-state index in [1.54, 1.807) is 0 Å². The third-order valence-electron chi connectivity index (χ3n) is 1.43. The van der Waals surface area contributed by atoms with E-state index < -0.39 is 0 Å². The first-order valence-corrected chi connectivity index (χ1v) is 5.98. The molecular formula is C10H12BrNOS. The second kappa shape index (κ2) is 5.41. The van der Waals surface area contributed by atoms with E-state index in [0.717, 1.165) is 10.2 Å². The lowest BCUT2D eigenvalue weighted by Gasteiger charge is -2.06. The third kappa shape index (κ3) is 4.15. The maximum absolute atomic E-state index is 11.3. The van der Waals surface area contributed by atoms with Crippen molar-refractivity contribution in [1.82, 2.24) is 0 Å². The number of hydrogen-bond donors (Lipinski definition) is 1. The van der Waals surface area contributed by atoms with Crippen LogP contribution in [-0.4, -0.2) is 10.5 Å². The van der Waals surface area contributed by atoms with Crippen LogP contribution in [0.15, 0.2) is 28.7 Å². The highest BCUT2D eigenvalue weighted by Crippen LogP contribution is 2.17. The Kier molecular flexibility index (Phi) is 4.48. The van der Waals surface area contributed by atoms with Crippen molar-refractivity contribution >= 4 is 38.6 Å². The standard InChI is InChI=1S/C10H12BrNOS/c1-7(2)14-10(13)12-9-5-3-8(11)4-6-9/h3-7H,1-2H3,(H,12,13). The van der Waals surface area contributed by atoms with Crippen molar-refractivity contribution in [2.45, 2.75) is 19.1 Å². The number of thioether (sulfide) groups is 1. The molecule has 76 valence electrons. The van der Waals surface area contributed by atoms with Crippen molar-refractivity contribution in [2.24, 2.45) is 0 Å². The Hall–Kier alpha value is -0.480. The first kappa shape index (κ1) is 11.6. The second-order valence-corrected chi connectivity index (χ2v) is 5.55. The van der Waals surface area contributed by atoms with Crippen molar-refractivity contribution in [2.75, 3.05) is 5.32 Å². The van der Waals surface area contributed by atoms with Gasteiger partial charge < -0.3 is 5.32 Å². The number of benzene rings is 1. The molecular weight excluding hydrogens is 262 g/mol. The number of rotatable bonds is 2. The van der Waals surface area contributed by atoms with Crippen molar-refractivity contribution in [3.8, 4) is 0 Å². The van der Waals surface area contributed by atoms with Crippen LogP contribution in [0.25, 0.3) is 0 Å². The minimum absolute atomic E-state index is 0.0117. The number of nitrogens with one attached hydrogen (secondary N) is 1. The fourth-order valence-corrected chi connectivity index (χ4v) is 1.76. The van der Waals surface area contributed by atoms with Gasteiger partial charge >= 0.3 is 0 Å². The summed E-state index contributed by atoms with van der Waals surface area (Å²) in [5, 5.41) is 3.10. The average Bonchev–Trinajstić information content (AvgIpc) is 2.07. The van der Waals surface area contributed by atoms with Crippen molar-refractivity contribution < 1.29 is 4.79 Å². The molecule has 14 heavy (non-hydrogen) atoms. The lowest BCUT2D eigenvalue weighted by molar-refractivity contribution is 0.269. The van der Waals surface area contributed by atoms with Gasteiger partial charge in [0.2, 0.25) is 0 Å². The molecule has 2 nitrogen and oxygen atoms in total. The minimum atomic E-state index is -0.0117. The summed E-state index contributed by atoms with van der Waals surface area (Å²) in [4.78, 5) is 11.3. The average molecular weight is 274 g/mol. The topological polar surface area (TPSA) is 29.1 Å². The van der Waals surface area contributed by atoms with E-state index >= 15 is 0 Å². The number of hydrogen-bond acceptors (Lipinski definition) is 2. The van der Waals surface area contributed by atoms with Gasteiger partial charge in [0.1, 0.15) is 0 Å². The fraction of sp³-hybridized carbons (Fsp3) is 0.300. The van der Waals surface area contributed by atoms with Crippen molar-refractivity contribution in [3.05, 3.63) is 28.7 Å². The Bertz CT molecular complexity index is 310. The molecule has 0 bridgehead atoms. The molecule has 0 fully saturated rings. The predicted octanol–water partition coefficient (Wildman–Crippen LogP) is 4.12. The van der Waals surface area contributed by atoms with E-state index in [-0.39, 0.29) is 5.24 Å². The normalized spacial score (nSPS) is 10.3. The van der Waals surface area contributed by atoms with Crippen LogP contribution in [0.3, 0.4) is 0 Å². The van der Waals surface area contributed by atoms with E-state index in [0.29, 0.717) is 5.25 Å². The summed E-state index contributed by atoms with van der Waals surface area (Å²) in [5.41, 5.74) is 0.825. The van der Waals surface area contributed by atoms with Crippen LogP contribution in [0.5, 0.6) is 0 Å². The van der Waals surface area contributed by atoms with E-state index in [2.05, 4.69) is 21.2 Å². The van der Waals surface area contributed by atoms with Gasteiger partial charge in [-0.05, 0) is 24.3 Å². The molecule has 1 N–H and O–H groups in total. The summed E-state index contributed by atoms with van der Waals surface area (Å²) in [5.74, 6) is 0. The molecule has 4 heteroatoms. The van der Waals surface area contributed by atoms with Crippen LogP contribution in [-0.2, 0) is 0 Å². The van der Waals surface area contributed by atoms with Crippen molar-refractivity contribution in [1.29, 1.82) is 0 Å². The van der Waals surface area contributed by atoms with Gasteiger partial charge in [-0.25, -0.2) is 0 Å². The third-order valence-corrected chi connectivity index (χ3v) is 2.75. The summed E-state index contributed by atoms with van der Waals surface area (Å²) < 4.78 is 1.01. The van der Waals surface area contributed by atoms with Crippen LogP contribution >= 0.6 is 27.7 Å². The Balaban J connectivity index is 2.52. The molecule has 0 saturated carbocycles. The zero-order valence-electron chi connectivity index (χ0n) is 8.08. The maximum Gasteiger partial charge on any atom is 0.283 e. The van der Waals surface area contributed by atoms with Crippen LogP contribution in [0.2, 0.25) is 0 Å². The van der Waals surface area contributed by atoms with Gasteiger partial charge in [0.05, 0.1) is 0 Å². The molecule has 1 amide bonds. The molecule has 0 heterocycles. The maximum atomic E-state index is 11.3. The lowest BCUT2D eigenvalue weighted by Crippen LogP contribution is -2.07. The van der Waals surface area contributed by atoms with Crippen LogP contribution in [0.1, 0.15) is 13.8 Å². The van der Waals surface area contributed by atoms with Gasteiger partial charge in [-0.1, -0.05) is 41.5 Å². The molecule has 0 atom stereocenters. The molecule has 0 saturated heterocycles. The summed E-state index contributed by atoms with van der Waals surface area (Å²) >= 11 is 4.63. The molecule has 0 aliphatic rings. The number of carbonyl (C=O) groups is 1. The lowest BCUT2D eigenvalue weighted by atomic mass is 10.3. The zero-order valence-corrected chi connectivity index (χ0v) is 10.5. The second-order valence-electron chi connectivity index (χ2n) is 3.09. The first-order chi connectivity index (χ1) is 6.58. The summed E-state index contributed by atoms with van der Waals surface area (Å²) in [6, 6.07) is 7.52. The Morgan fingerprint density at radius 2 is 1.93 bits per heavy atom. The number of halogens is 1. The molecule has 1 aromatic carbocycles. The van der Waals surface area contributed by atoms with Gasteiger partial charge in [0.15, 0.2) is 0 Å². The molecule has 0 spiro atoms. The summed E-state index contributed by atoms with van der Waals surface area (Å²) in [7, 11) is 0. The number of anilines is 1. The molecule has 0 aliphatic carbocycles. The van der Waals surface area contributed by atoms with Gasteiger partial charge in [-0.2, -0.15) is 0 Å². The van der Waals surface area contributed by atoms with Gasteiger partial charge in [-0.3, -0.25) is 4.79 Å². The van der Waals surface area contributed by atoms with Crippen molar-refractivity contribution in [3.63, 3.8) is 0 Å². The fourth-order valence-electron chi connectivity index (χ4n) is 0.895. The highest BCUT2D eigenvalue weighted by Gasteiger charge is 2.05. The number of carbonyl (C=O) groups excluding carboxylic acids is 1. The molecule has 0 radical (unpaired) electrons. The van der Waals surface area contributed by atoms with Gasteiger partial charge in [0.25, 0.3) is 5.24 Å². The first-order valence-electron chi connectivity index (χ1n) is 4.31. The van der Waals surface area contributed by atoms with Gasteiger partial charge in [0, 0.05) is 15.4 Å². The van der Waals surface area contributed by atoms with E-state index in [9.17, 15) is 4.79 Å². The largest absolute Gasteiger partial charge is 0.317 e. The molecule has 0 aliphatic heterocycles. The summed E-state index contributed by atoms with van der Waals surface area (Å²) in [6.45, 7) is 3.98.